The smallest absolute Gasteiger partial charge is 0.229 e. The summed E-state index contributed by atoms with van der Waals surface area (Å²) in [6, 6.07) is 0.00502. The molecule has 1 saturated carbocycles. The largest absolute Gasteiger partial charge is 0.327 e. The van der Waals surface area contributed by atoms with Crippen LogP contribution in [0.4, 0.5) is 5.69 Å². The first-order chi connectivity index (χ1) is 7.66. The number of nitrogens with one attached hydrogen (secondary N) is 1. The van der Waals surface area contributed by atoms with Gasteiger partial charge in [0, 0.05) is 19.3 Å². The fourth-order valence-corrected chi connectivity index (χ4v) is 2.21. The lowest BCUT2D eigenvalue weighted by Crippen LogP contribution is -2.40. The van der Waals surface area contributed by atoms with E-state index in [0.29, 0.717) is 0 Å². The monoisotopic (exact) mass is 222 g/mol. The summed E-state index contributed by atoms with van der Waals surface area (Å²) in [5.74, 6) is -0.0193. The lowest BCUT2D eigenvalue weighted by molar-refractivity contribution is -0.121. The lowest BCUT2D eigenvalue weighted by atomic mass is 9.84. The molecule has 2 atom stereocenters. The second kappa shape index (κ2) is 4.65. The third-order valence-electron chi connectivity index (χ3n) is 3.13. The quantitative estimate of drug-likeness (QED) is 0.780. The van der Waals surface area contributed by atoms with Gasteiger partial charge in [0.25, 0.3) is 0 Å². The molecule has 3 N–H and O–H groups in total. The minimum atomic E-state index is -0.0473. The lowest BCUT2D eigenvalue weighted by Gasteiger charge is -2.27. The van der Waals surface area contributed by atoms with Gasteiger partial charge in [0.2, 0.25) is 5.91 Å². The van der Waals surface area contributed by atoms with E-state index in [2.05, 4.69) is 10.4 Å². The normalized spacial score (nSPS) is 25.4. The van der Waals surface area contributed by atoms with Crippen molar-refractivity contribution in [1.82, 2.24) is 9.78 Å². The average Bonchev–Trinajstić information content (AvgIpc) is 2.64. The summed E-state index contributed by atoms with van der Waals surface area (Å²) in [6.45, 7) is 0. The summed E-state index contributed by atoms with van der Waals surface area (Å²) < 4.78 is 1.66. The Balaban J connectivity index is 1.96. The van der Waals surface area contributed by atoms with E-state index in [0.717, 1.165) is 31.4 Å². The molecular formula is C11H18N4O. The number of aryl methyl sites for hydroxylation is 1. The molecule has 0 radical (unpaired) electrons. The molecule has 1 aliphatic carbocycles. The minimum absolute atomic E-state index is 0.00502. The summed E-state index contributed by atoms with van der Waals surface area (Å²) in [7, 11) is 1.82. The Morgan fingerprint density at radius 3 is 2.94 bits per heavy atom. The van der Waals surface area contributed by atoms with Crippen molar-refractivity contribution in [2.24, 2.45) is 18.7 Å². The van der Waals surface area contributed by atoms with E-state index in [1.807, 2.05) is 7.05 Å². The summed E-state index contributed by atoms with van der Waals surface area (Å²) in [5.41, 5.74) is 6.70. The standard InChI is InChI=1S/C11H18N4O/c1-15-7-8(6-13-15)14-11(16)9-4-2-3-5-10(9)12/h6-7,9-10H,2-5,12H2,1H3,(H,14,16). The first-order valence-electron chi connectivity index (χ1n) is 5.72. The second-order valence-electron chi connectivity index (χ2n) is 4.45. The zero-order chi connectivity index (χ0) is 11.5. The van der Waals surface area contributed by atoms with Gasteiger partial charge in [0.05, 0.1) is 17.8 Å². The number of carbonyl (C=O) groups excluding carboxylic acids is 1. The van der Waals surface area contributed by atoms with Gasteiger partial charge in [-0.3, -0.25) is 9.48 Å². The van der Waals surface area contributed by atoms with E-state index >= 15 is 0 Å². The van der Waals surface area contributed by atoms with Gasteiger partial charge in [0.15, 0.2) is 0 Å². The molecule has 0 aliphatic heterocycles. The molecule has 88 valence electrons. The summed E-state index contributed by atoms with van der Waals surface area (Å²) >= 11 is 0. The molecule has 1 aromatic heterocycles. The first kappa shape index (κ1) is 11.1. The Morgan fingerprint density at radius 2 is 2.31 bits per heavy atom. The van der Waals surface area contributed by atoms with Crippen molar-refractivity contribution in [1.29, 1.82) is 0 Å². The van der Waals surface area contributed by atoms with E-state index in [9.17, 15) is 4.79 Å². The van der Waals surface area contributed by atoms with Crippen LogP contribution in [0.3, 0.4) is 0 Å². The first-order valence-corrected chi connectivity index (χ1v) is 5.72. The van der Waals surface area contributed by atoms with Crippen LogP contribution in [0.5, 0.6) is 0 Å². The Labute approximate surface area is 95.0 Å². The Hall–Kier alpha value is -1.36. The third-order valence-corrected chi connectivity index (χ3v) is 3.13. The van der Waals surface area contributed by atoms with Gasteiger partial charge in [-0.05, 0) is 12.8 Å². The number of nitrogens with zero attached hydrogens (tertiary/aromatic N) is 2. The second-order valence-corrected chi connectivity index (χ2v) is 4.45. The maximum atomic E-state index is 12.0. The van der Waals surface area contributed by atoms with Crippen molar-refractivity contribution >= 4 is 11.6 Å². The topological polar surface area (TPSA) is 72.9 Å². The van der Waals surface area contributed by atoms with Crippen molar-refractivity contribution < 1.29 is 4.79 Å². The number of nitrogens with two attached hydrogens (primary N) is 1. The van der Waals surface area contributed by atoms with Crippen LogP contribution in [-0.2, 0) is 11.8 Å². The molecule has 1 amide bonds. The number of hydrogen-bond donors (Lipinski definition) is 2. The van der Waals surface area contributed by atoms with Gasteiger partial charge in [0.1, 0.15) is 0 Å². The van der Waals surface area contributed by atoms with Crippen LogP contribution in [0, 0.1) is 5.92 Å². The zero-order valence-corrected chi connectivity index (χ0v) is 9.52. The van der Waals surface area contributed by atoms with Crippen molar-refractivity contribution in [2.45, 2.75) is 31.7 Å². The fraction of sp³-hybridized carbons (Fsp3) is 0.636. The van der Waals surface area contributed by atoms with Gasteiger partial charge in [-0.2, -0.15) is 5.10 Å². The molecule has 16 heavy (non-hydrogen) atoms. The molecule has 5 heteroatoms. The highest BCUT2D eigenvalue weighted by atomic mass is 16.1. The van der Waals surface area contributed by atoms with E-state index in [-0.39, 0.29) is 17.9 Å². The molecule has 2 unspecified atom stereocenters. The predicted molar refractivity (Wildman–Crippen MR) is 61.8 cm³/mol. The molecule has 1 heterocycles. The van der Waals surface area contributed by atoms with Crippen LogP contribution in [0.25, 0.3) is 0 Å². The molecule has 0 aromatic carbocycles. The van der Waals surface area contributed by atoms with Crippen molar-refractivity contribution in [3.63, 3.8) is 0 Å². The maximum Gasteiger partial charge on any atom is 0.229 e. The van der Waals surface area contributed by atoms with Crippen LogP contribution < -0.4 is 11.1 Å². The number of rotatable bonds is 2. The Kier molecular flexibility index (Phi) is 3.24. The number of carbonyl (C=O) groups is 1. The highest BCUT2D eigenvalue weighted by Gasteiger charge is 2.28. The summed E-state index contributed by atoms with van der Waals surface area (Å²) in [4.78, 5) is 12.0. The Bertz CT molecular complexity index is 374. The molecule has 5 nitrogen and oxygen atoms in total. The molecule has 0 saturated heterocycles. The molecule has 1 aliphatic rings. The van der Waals surface area contributed by atoms with Gasteiger partial charge in [-0.15, -0.1) is 0 Å². The number of anilines is 1. The highest BCUT2D eigenvalue weighted by molar-refractivity contribution is 5.92. The van der Waals surface area contributed by atoms with E-state index in [4.69, 9.17) is 5.73 Å². The van der Waals surface area contributed by atoms with Gasteiger partial charge < -0.3 is 11.1 Å². The molecule has 0 bridgehead atoms. The van der Waals surface area contributed by atoms with Gasteiger partial charge >= 0.3 is 0 Å². The van der Waals surface area contributed by atoms with E-state index in [1.165, 1.54) is 0 Å². The van der Waals surface area contributed by atoms with Crippen LogP contribution in [0.2, 0.25) is 0 Å². The van der Waals surface area contributed by atoms with Gasteiger partial charge in [-0.25, -0.2) is 0 Å². The third kappa shape index (κ3) is 2.41. The van der Waals surface area contributed by atoms with Crippen molar-refractivity contribution in [3.8, 4) is 0 Å². The maximum absolute atomic E-state index is 12.0. The van der Waals surface area contributed by atoms with Gasteiger partial charge in [-0.1, -0.05) is 12.8 Å². The molecule has 0 spiro atoms. The minimum Gasteiger partial charge on any atom is -0.327 e. The molecule has 1 fully saturated rings. The van der Waals surface area contributed by atoms with E-state index in [1.54, 1.807) is 17.1 Å². The SMILES string of the molecule is Cn1cc(NC(=O)C2CCCCC2N)cn1. The predicted octanol–water partition coefficient (Wildman–Crippen LogP) is 0.876. The highest BCUT2D eigenvalue weighted by Crippen LogP contribution is 2.24. The Morgan fingerprint density at radius 1 is 1.56 bits per heavy atom. The molecular weight excluding hydrogens is 204 g/mol. The number of aromatic nitrogens is 2. The fourth-order valence-electron chi connectivity index (χ4n) is 2.21. The van der Waals surface area contributed by atoms with Crippen LogP contribution >= 0.6 is 0 Å². The van der Waals surface area contributed by atoms with E-state index < -0.39 is 0 Å². The molecule has 1 aromatic rings. The zero-order valence-electron chi connectivity index (χ0n) is 9.52. The molecule has 2 rings (SSSR count). The van der Waals surface area contributed by atoms with Crippen molar-refractivity contribution in [3.05, 3.63) is 12.4 Å². The number of amides is 1. The summed E-state index contributed by atoms with van der Waals surface area (Å²) in [5, 5.41) is 6.87. The summed E-state index contributed by atoms with van der Waals surface area (Å²) in [6.07, 6.45) is 7.51. The van der Waals surface area contributed by atoms with Crippen molar-refractivity contribution in [2.75, 3.05) is 5.32 Å². The van der Waals surface area contributed by atoms with Crippen LogP contribution in [0.1, 0.15) is 25.7 Å². The van der Waals surface area contributed by atoms with Crippen LogP contribution in [0.15, 0.2) is 12.4 Å². The average molecular weight is 222 g/mol. The number of hydrogen-bond acceptors (Lipinski definition) is 3. The van der Waals surface area contributed by atoms with Crippen LogP contribution in [-0.4, -0.2) is 21.7 Å².